The molecular formula is C14H16ClN3O2. The molecule has 106 valence electrons. The molecule has 1 aliphatic rings. The Morgan fingerprint density at radius 1 is 1.40 bits per heavy atom. The summed E-state index contributed by atoms with van der Waals surface area (Å²) in [6, 6.07) is 7.62. The molecule has 1 fully saturated rings. The van der Waals surface area contributed by atoms with Crippen molar-refractivity contribution in [1.82, 2.24) is 15.0 Å². The summed E-state index contributed by atoms with van der Waals surface area (Å²) in [4.78, 5) is 6.56. The zero-order valence-corrected chi connectivity index (χ0v) is 11.8. The maximum absolute atomic E-state index is 9.31. The van der Waals surface area contributed by atoms with E-state index in [1.165, 1.54) is 0 Å². The molecule has 1 aromatic carbocycles. The Morgan fingerprint density at radius 2 is 2.25 bits per heavy atom. The van der Waals surface area contributed by atoms with E-state index in [2.05, 4.69) is 15.0 Å². The predicted octanol–water partition coefficient (Wildman–Crippen LogP) is 2.35. The van der Waals surface area contributed by atoms with E-state index in [0.717, 1.165) is 24.9 Å². The minimum atomic E-state index is 0.172. The van der Waals surface area contributed by atoms with Gasteiger partial charge in [-0.1, -0.05) is 28.9 Å². The number of aliphatic hydroxyl groups is 1. The van der Waals surface area contributed by atoms with Crippen molar-refractivity contribution < 1.29 is 9.63 Å². The lowest BCUT2D eigenvalue weighted by Gasteiger charge is -2.20. The minimum absolute atomic E-state index is 0.172. The molecule has 2 aromatic rings. The van der Waals surface area contributed by atoms with Gasteiger partial charge in [0, 0.05) is 11.6 Å². The molecule has 0 radical (unpaired) electrons. The first-order valence-electron chi connectivity index (χ1n) is 6.70. The molecule has 6 heteroatoms. The molecule has 0 aliphatic carbocycles. The van der Waals surface area contributed by atoms with Gasteiger partial charge in [-0.3, -0.25) is 4.90 Å². The highest BCUT2D eigenvalue weighted by molar-refractivity contribution is 6.33. The van der Waals surface area contributed by atoms with Gasteiger partial charge in [0.2, 0.25) is 11.7 Å². The van der Waals surface area contributed by atoms with E-state index in [1.54, 1.807) is 6.07 Å². The summed E-state index contributed by atoms with van der Waals surface area (Å²) in [7, 11) is 0. The van der Waals surface area contributed by atoms with Crippen LogP contribution in [0, 0.1) is 0 Å². The van der Waals surface area contributed by atoms with Crippen LogP contribution in [0.1, 0.15) is 18.7 Å². The van der Waals surface area contributed by atoms with Crippen molar-refractivity contribution in [3.8, 4) is 11.4 Å². The minimum Gasteiger partial charge on any atom is -0.395 e. The molecule has 5 nitrogen and oxygen atoms in total. The van der Waals surface area contributed by atoms with Crippen LogP contribution in [0.5, 0.6) is 0 Å². The molecule has 0 unspecified atom stereocenters. The second-order valence-corrected chi connectivity index (χ2v) is 5.35. The van der Waals surface area contributed by atoms with Crippen molar-refractivity contribution in [2.75, 3.05) is 13.2 Å². The van der Waals surface area contributed by atoms with Crippen molar-refractivity contribution in [1.29, 1.82) is 0 Å². The number of likely N-dealkylation sites (tertiary alicyclic amines) is 1. The average Bonchev–Trinajstić information content (AvgIpc) is 3.09. The number of aromatic nitrogens is 2. The van der Waals surface area contributed by atoms with Gasteiger partial charge < -0.3 is 9.63 Å². The molecule has 3 rings (SSSR count). The van der Waals surface area contributed by atoms with Crippen molar-refractivity contribution in [2.24, 2.45) is 0 Å². The SMILES string of the molecule is OC[C@@H]1CCCN1Cc1nc(-c2ccccc2Cl)no1. The van der Waals surface area contributed by atoms with Gasteiger partial charge in [-0.15, -0.1) is 0 Å². The van der Waals surface area contributed by atoms with Crippen LogP contribution in [0.3, 0.4) is 0 Å². The van der Waals surface area contributed by atoms with Gasteiger partial charge in [-0.25, -0.2) is 0 Å². The number of nitrogens with zero attached hydrogens (tertiary/aromatic N) is 3. The zero-order chi connectivity index (χ0) is 13.9. The molecule has 0 spiro atoms. The van der Waals surface area contributed by atoms with E-state index >= 15 is 0 Å². The Bertz CT molecular complexity index is 587. The molecule has 20 heavy (non-hydrogen) atoms. The smallest absolute Gasteiger partial charge is 0.241 e. The molecule has 1 saturated heterocycles. The van der Waals surface area contributed by atoms with Crippen LogP contribution < -0.4 is 0 Å². The molecule has 0 saturated carbocycles. The quantitative estimate of drug-likeness (QED) is 0.937. The van der Waals surface area contributed by atoms with Crippen LogP contribution in [0.2, 0.25) is 5.02 Å². The number of rotatable bonds is 4. The third kappa shape index (κ3) is 2.70. The third-order valence-electron chi connectivity index (χ3n) is 3.63. The number of benzene rings is 1. The normalized spacial score (nSPS) is 19.6. The summed E-state index contributed by atoms with van der Waals surface area (Å²) in [6.07, 6.45) is 2.11. The van der Waals surface area contributed by atoms with Crippen LogP contribution in [-0.4, -0.2) is 39.3 Å². The lowest BCUT2D eigenvalue weighted by atomic mass is 10.2. The lowest BCUT2D eigenvalue weighted by molar-refractivity contribution is 0.141. The maximum atomic E-state index is 9.31. The second-order valence-electron chi connectivity index (χ2n) is 4.94. The Morgan fingerprint density at radius 3 is 3.05 bits per heavy atom. The largest absolute Gasteiger partial charge is 0.395 e. The van der Waals surface area contributed by atoms with E-state index in [4.69, 9.17) is 16.1 Å². The van der Waals surface area contributed by atoms with Crippen LogP contribution in [-0.2, 0) is 6.54 Å². The van der Waals surface area contributed by atoms with Gasteiger partial charge in [0.05, 0.1) is 18.2 Å². The molecular weight excluding hydrogens is 278 g/mol. The highest BCUT2D eigenvalue weighted by Gasteiger charge is 2.25. The molecule has 1 aromatic heterocycles. The van der Waals surface area contributed by atoms with Crippen molar-refractivity contribution in [3.63, 3.8) is 0 Å². The summed E-state index contributed by atoms with van der Waals surface area (Å²) < 4.78 is 5.29. The van der Waals surface area contributed by atoms with Crippen LogP contribution >= 0.6 is 11.6 Å². The molecule has 0 bridgehead atoms. The number of hydrogen-bond donors (Lipinski definition) is 1. The van der Waals surface area contributed by atoms with E-state index in [0.29, 0.717) is 23.3 Å². The first kappa shape index (κ1) is 13.5. The summed E-state index contributed by atoms with van der Waals surface area (Å²) in [5.41, 5.74) is 0.768. The molecule has 2 heterocycles. The molecule has 1 aliphatic heterocycles. The van der Waals surface area contributed by atoms with E-state index in [1.807, 2.05) is 18.2 Å². The van der Waals surface area contributed by atoms with Gasteiger partial charge in [-0.2, -0.15) is 4.98 Å². The van der Waals surface area contributed by atoms with Crippen molar-refractivity contribution in [3.05, 3.63) is 35.2 Å². The first-order valence-corrected chi connectivity index (χ1v) is 7.08. The fourth-order valence-electron chi connectivity index (χ4n) is 2.55. The molecule has 0 amide bonds. The summed E-state index contributed by atoms with van der Waals surface area (Å²) >= 11 is 6.12. The summed E-state index contributed by atoms with van der Waals surface area (Å²) in [5.74, 6) is 1.06. The van der Waals surface area contributed by atoms with E-state index in [-0.39, 0.29) is 12.6 Å². The number of halogens is 1. The highest BCUT2D eigenvalue weighted by Crippen LogP contribution is 2.26. The topological polar surface area (TPSA) is 62.4 Å². The average molecular weight is 294 g/mol. The van der Waals surface area contributed by atoms with Gasteiger partial charge in [0.25, 0.3) is 0 Å². The van der Waals surface area contributed by atoms with Gasteiger partial charge in [0.1, 0.15) is 0 Å². The predicted molar refractivity (Wildman–Crippen MR) is 75.3 cm³/mol. The lowest BCUT2D eigenvalue weighted by Crippen LogP contribution is -2.31. The summed E-state index contributed by atoms with van der Waals surface area (Å²) in [5, 5.41) is 13.9. The fraction of sp³-hybridized carbons (Fsp3) is 0.429. The Balaban J connectivity index is 1.76. The van der Waals surface area contributed by atoms with E-state index in [9.17, 15) is 5.11 Å². The van der Waals surface area contributed by atoms with Gasteiger partial charge >= 0.3 is 0 Å². The summed E-state index contributed by atoms with van der Waals surface area (Å²) in [6.45, 7) is 1.70. The first-order chi connectivity index (χ1) is 9.78. The third-order valence-corrected chi connectivity index (χ3v) is 3.96. The maximum Gasteiger partial charge on any atom is 0.241 e. The zero-order valence-electron chi connectivity index (χ0n) is 11.0. The van der Waals surface area contributed by atoms with Gasteiger partial charge in [-0.05, 0) is 31.5 Å². The van der Waals surface area contributed by atoms with E-state index < -0.39 is 0 Å². The second kappa shape index (κ2) is 5.91. The number of aliphatic hydroxyl groups excluding tert-OH is 1. The number of hydrogen-bond acceptors (Lipinski definition) is 5. The van der Waals surface area contributed by atoms with Crippen molar-refractivity contribution in [2.45, 2.75) is 25.4 Å². The van der Waals surface area contributed by atoms with Crippen LogP contribution in [0.15, 0.2) is 28.8 Å². The Hall–Kier alpha value is -1.43. The highest BCUT2D eigenvalue weighted by atomic mass is 35.5. The Kier molecular flexibility index (Phi) is 4.00. The van der Waals surface area contributed by atoms with Crippen LogP contribution in [0.4, 0.5) is 0 Å². The fourth-order valence-corrected chi connectivity index (χ4v) is 2.78. The van der Waals surface area contributed by atoms with Crippen molar-refractivity contribution >= 4 is 11.6 Å². The van der Waals surface area contributed by atoms with Crippen LogP contribution in [0.25, 0.3) is 11.4 Å². The molecule has 1 atom stereocenters. The standard InChI is InChI=1S/C14H16ClN3O2/c15-12-6-2-1-5-11(12)14-16-13(20-17-14)8-18-7-3-4-10(18)9-19/h1-2,5-6,10,19H,3-4,7-9H2/t10-/m0/s1. The Labute approximate surface area is 122 Å². The molecule has 1 N–H and O–H groups in total. The van der Waals surface area contributed by atoms with Gasteiger partial charge in [0.15, 0.2) is 0 Å². The monoisotopic (exact) mass is 293 g/mol.